The second-order valence-electron chi connectivity index (χ2n) is 4.68. The van der Waals surface area contributed by atoms with Gasteiger partial charge in [0.25, 0.3) is 11.1 Å². The molecule has 0 saturated heterocycles. The van der Waals surface area contributed by atoms with Gasteiger partial charge in [0, 0.05) is 12.4 Å². The van der Waals surface area contributed by atoms with E-state index >= 15 is 0 Å². The Balaban J connectivity index is 2.16. The average molecular weight is 334 g/mol. The van der Waals surface area contributed by atoms with Crippen LogP contribution in [0.3, 0.4) is 0 Å². The maximum atomic E-state index is 12.1. The lowest BCUT2D eigenvalue weighted by atomic mass is 10.4. The topological polar surface area (TPSA) is 117 Å². The number of carbonyl (C=O) groups excluding carboxylic acids is 2. The Bertz CT molecular complexity index is 882. The van der Waals surface area contributed by atoms with E-state index in [4.69, 9.17) is 4.74 Å². The molecule has 2 aromatic heterocycles. The third-order valence-corrected chi connectivity index (χ3v) is 3.04. The number of nitrogens with zero attached hydrogens (tertiary/aromatic N) is 2. The quantitative estimate of drug-likeness (QED) is 0.732. The first-order chi connectivity index (χ1) is 11.4. The fourth-order valence-corrected chi connectivity index (χ4v) is 1.86. The van der Waals surface area contributed by atoms with Crippen molar-refractivity contribution in [2.45, 2.75) is 13.1 Å². The highest BCUT2D eigenvalue weighted by molar-refractivity contribution is 5.72. The molecule has 1 N–H and O–H groups in total. The van der Waals surface area contributed by atoms with E-state index in [2.05, 4.69) is 4.74 Å². The smallest absolute Gasteiger partial charge is 0.331 e. The fraction of sp³-hybridized carbons (Fsp3) is 0.200. The Labute approximate surface area is 135 Å². The molecule has 2 aromatic rings. The van der Waals surface area contributed by atoms with E-state index in [0.717, 1.165) is 9.13 Å². The molecular formula is C15H14N2O7. The van der Waals surface area contributed by atoms with Gasteiger partial charge in [-0.15, -0.1) is 0 Å². The Morgan fingerprint density at radius 3 is 2.25 bits per heavy atom. The van der Waals surface area contributed by atoms with Crippen LogP contribution in [0.4, 0.5) is 0 Å². The summed E-state index contributed by atoms with van der Waals surface area (Å²) < 4.78 is 11.4. The lowest BCUT2D eigenvalue weighted by molar-refractivity contribution is -0.141. The summed E-state index contributed by atoms with van der Waals surface area (Å²) in [6.07, 6.45) is 2.64. The molecule has 0 atom stereocenters. The van der Waals surface area contributed by atoms with Crippen molar-refractivity contribution in [3.63, 3.8) is 0 Å². The zero-order valence-electron chi connectivity index (χ0n) is 12.7. The average Bonchev–Trinajstić information content (AvgIpc) is 2.55. The van der Waals surface area contributed by atoms with Crippen LogP contribution >= 0.6 is 0 Å². The number of methoxy groups -OCH3 is 1. The lowest BCUT2D eigenvalue weighted by Crippen LogP contribution is -2.29. The molecule has 0 aromatic carbocycles. The third-order valence-electron chi connectivity index (χ3n) is 3.04. The van der Waals surface area contributed by atoms with Crippen molar-refractivity contribution in [3.8, 4) is 11.5 Å². The van der Waals surface area contributed by atoms with E-state index in [1.54, 1.807) is 0 Å². The van der Waals surface area contributed by atoms with E-state index in [1.165, 1.54) is 43.8 Å². The van der Waals surface area contributed by atoms with Gasteiger partial charge in [0.05, 0.1) is 7.11 Å². The molecule has 2 heterocycles. The van der Waals surface area contributed by atoms with Crippen LogP contribution in [-0.2, 0) is 27.4 Å². The second-order valence-corrected chi connectivity index (χ2v) is 4.68. The molecule has 2 rings (SSSR count). The molecule has 0 unspecified atom stereocenters. The molecular weight excluding hydrogens is 320 g/mol. The van der Waals surface area contributed by atoms with Crippen molar-refractivity contribution < 1.29 is 24.2 Å². The van der Waals surface area contributed by atoms with E-state index in [1.807, 2.05) is 0 Å². The molecule has 24 heavy (non-hydrogen) atoms. The Hall–Kier alpha value is -3.36. The van der Waals surface area contributed by atoms with Crippen molar-refractivity contribution in [1.29, 1.82) is 0 Å². The van der Waals surface area contributed by atoms with E-state index in [9.17, 15) is 24.3 Å². The molecule has 0 amide bonds. The van der Waals surface area contributed by atoms with Gasteiger partial charge in [-0.2, -0.15) is 0 Å². The van der Waals surface area contributed by atoms with Crippen molar-refractivity contribution in [2.75, 3.05) is 7.11 Å². The normalized spacial score (nSPS) is 10.2. The minimum absolute atomic E-state index is 0.292. The van der Waals surface area contributed by atoms with E-state index < -0.39 is 35.4 Å². The predicted octanol–water partition coefficient (Wildman–Crippen LogP) is -0.506. The number of aromatic nitrogens is 2. The van der Waals surface area contributed by atoms with Crippen LogP contribution in [-0.4, -0.2) is 33.3 Å². The molecule has 0 bridgehead atoms. The Morgan fingerprint density at radius 2 is 1.58 bits per heavy atom. The van der Waals surface area contributed by atoms with Crippen molar-refractivity contribution >= 4 is 11.9 Å². The number of carbonyl (C=O) groups is 2. The van der Waals surface area contributed by atoms with Gasteiger partial charge in [-0.3, -0.25) is 14.4 Å². The molecule has 0 spiro atoms. The highest BCUT2D eigenvalue weighted by atomic mass is 16.5. The number of aromatic hydroxyl groups is 1. The monoisotopic (exact) mass is 334 g/mol. The molecule has 0 aliphatic rings. The van der Waals surface area contributed by atoms with Crippen LogP contribution in [0.1, 0.15) is 0 Å². The molecule has 0 radical (unpaired) electrons. The standard InChI is InChI=1S/C15H14N2O7/c1-23-12(19)8-17-7-3-5-11(15(17)22)24-13(20)9-16-6-2-4-10(18)14(16)21/h2-7,18H,8-9H2,1H3. The third kappa shape index (κ3) is 3.88. The van der Waals surface area contributed by atoms with Gasteiger partial charge in [-0.25, -0.2) is 4.79 Å². The highest BCUT2D eigenvalue weighted by Crippen LogP contribution is 2.04. The van der Waals surface area contributed by atoms with Gasteiger partial charge in [0.1, 0.15) is 13.1 Å². The van der Waals surface area contributed by atoms with Crippen LogP contribution in [0, 0.1) is 0 Å². The largest absolute Gasteiger partial charge is 0.503 e. The molecule has 0 aliphatic heterocycles. The zero-order valence-corrected chi connectivity index (χ0v) is 12.7. The second kappa shape index (κ2) is 7.27. The minimum Gasteiger partial charge on any atom is -0.503 e. The number of esters is 2. The van der Waals surface area contributed by atoms with Gasteiger partial charge in [-0.05, 0) is 24.3 Å². The van der Waals surface area contributed by atoms with Gasteiger partial charge in [-0.1, -0.05) is 0 Å². The number of hydrogen-bond donors (Lipinski definition) is 1. The first-order valence-electron chi connectivity index (χ1n) is 6.77. The van der Waals surface area contributed by atoms with Crippen LogP contribution in [0.2, 0.25) is 0 Å². The number of ether oxygens (including phenoxy) is 2. The van der Waals surface area contributed by atoms with Crippen LogP contribution < -0.4 is 15.9 Å². The Morgan fingerprint density at radius 1 is 1.00 bits per heavy atom. The summed E-state index contributed by atoms with van der Waals surface area (Å²) in [7, 11) is 1.18. The first-order valence-corrected chi connectivity index (χ1v) is 6.77. The number of pyridine rings is 2. The molecule has 0 aliphatic carbocycles. The van der Waals surface area contributed by atoms with Gasteiger partial charge < -0.3 is 23.7 Å². The number of rotatable bonds is 5. The lowest BCUT2D eigenvalue weighted by Gasteiger charge is -2.08. The number of hydrogen-bond acceptors (Lipinski definition) is 7. The maximum Gasteiger partial charge on any atom is 0.331 e. The zero-order chi connectivity index (χ0) is 17.7. The maximum absolute atomic E-state index is 12.1. The summed E-state index contributed by atoms with van der Waals surface area (Å²) in [6.45, 7) is -0.814. The fourth-order valence-electron chi connectivity index (χ4n) is 1.86. The minimum atomic E-state index is -0.879. The van der Waals surface area contributed by atoms with Gasteiger partial charge in [0.2, 0.25) is 0 Å². The van der Waals surface area contributed by atoms with Crippen LogP contribution in [0.15, 0.2) is 46.2 Å². The molecule has 9 nitrogen and oxygen atoms in total. The summed E-state index contributed by atoms with van der Waals surface area (Å²) in [5, 5.41) is 9.31. The van der Waals surface area contributed by atoms with Crippen molar-refractivity contribution in [1.82, 2.24) is 9.13 Å². The highest BCUT2D eigenvalue weighted by Gasteiger charge is 2.13. The van der Waals surface area contributed by atoms with Gasteiger partial charge in [0.15, 0.2) is 11.5 Å². The summed E-state index contributed by atoms with van der Waals surface area (Å²) in [5.74, 6) is -2.31. The molecule has 126 valence electrons. The first kappa shape index (κ1) is 17.0. The molecule has 9 heteroatoms. The van der Waals surface area contributed by atoms with E-state index in [-0.39, 0.29) is 12.3 Å². The van der Waals surface area contributed by atoms with Crippen molar-refractivity contribution in [2.24, 2.45) is 0 Å². The van der Waals surface area contributed by atoms with Crippen LogP contribution in [0.5, 0.6) is 11.5 Å². The summed E-state index contributed by atoms with van der Waals surface area (Å²) in [6, 6.07) is 5.26. The summed E-state index contributed by atoms with van der Waals surface area (Å²) >= 11 is 0. The van der Waals surface area contributed by atoms with Gasteiger partial charge >= 0.3 is 11.9 Å². The molecule has 0 saturated carbocycles. The SMILES string of the molecule is COC(=O)Cn1cccc(OC(=O)Cn2cccc(O)c2=O)c1=O. The summed E-state index contributed by atoms with van der Waals surface area (Å²) in [5.41, 5.74) is -1.45. The van der Waals surface area contributed by atoms with E-state index in [0.29, 0.717) is 0 Å². The summed E-state index contributed by atoms with van der Waals surface area (Å²) in [4.78, 5) is 46.8. The van der Waals surface area contributed by atoms with Crippen molar-refractivity contribution in [3.05, 3.63) is 57.4 Å². The van der Waals surface area contributed by atoms with Crippen LogP contribution in [0.25, 0.3) is 0 Å². The Kier molecular flexibility index (Phi) is 5.15. The predicted molar refractivity (Wildman–Crippen MR) is 80.7 cm³/mol. The molecule has 0 fully saturated rings.